The standard InChI is InChI=1S/C19H13F2N3O2S/c1-10-5-6-11(7-13(10)21)23-15(25)8-24-9-22-17-16-12(20)3-2-4-14(16)27-18(17)19(24)26/h2-7,9H,8H2,1H3,(H,23,25). The Morgan fingerprint density at radius 1 is 1.22 bits per heavy atom. The van der Waals surface area contributed by atoms with Crippen molar-refractivity contribution in [1.29, 1.82) is 0 Å². The summed E-state index contributed by atoms with van der Waals surface area (Å²) in [6, 6.07) is 8.95. The molecular weight excluding hydrogens is 372 g/mol. The number of rotatable bonds is 3. The summed E-state index contributed by atoms with van der Waals surface area (Å²) in [6.07, 6.45) is 1.22. The van der Waals surface area contributed by atoms with Gasteiger partial charge in [-0.1, -0.05) is 12.1 Å². The molecule has 0 saturated heterocycles. The van der Waals surface area contributed by atoms with Crippen LogP contribution in [0.15, 0.2) is 47.5 Å². The number of fused-ring (bicyclic) bond motifs is 3. The Balaban J connectivity index is 1.66. The highest BCUT2D eigenvalue weighted by molar-refractivity contribution is 7.25. The van der Waals surface area contributed by atoms with E-state index in [-0.39, 0.29) is 16.8 Å². The van der Waals surface area contributed by atoms with Gasteiger partial charge in [-0.15, -0.1) is 11.3 Å². The number of hydrogen-bond acceptors (Lipinski definition) is 4. The van der Waals surface area contributed by atoms with Gasteiger partial charge in [0.25, 0.3) is 5.56 Å². The van der Waals surface area contributed by atoms with E-state index in [0.717, 1.165) is 15.9 Å². The van der Waals surface area contributed by atoms with E-state index in [2.05, 4.69) is 10.3 Å². The molecule has 4 rings (SSSR count). The van der Waals surface area contributed by atoms with Crippen molar-refractivity contribution in [2.24, 2.45) is 0 Å². The molecule has 1 amide bonds. The fourth-order valence-electron chi connectivity index (χ4n) is 2.81. The number of anilines is 1. The molecule has 0 unspecified atom stereocenters. The van der Waals surface area contributed by atoms with Crippen molar-refractivity contribution in [1.82, 2.24) is 9.55 Å². The van der Waals surface area contributed by atoms with Crippen molar-refractivity contribution in [3.05, 3.63) is 70.3 Å². The molecule has 0 fully saturated rings. The Bertz CT molecular complexity index is 1260. The normalized spacial score (nSPS) is 11.2. The maximum Gasteiger partial charge on any atom is 0.271 e. The van der Waals surface area contributed by atoms with E-state index in [1.165, 1.54) is 18.5 Å². The molecule has 0 saturated carbocycles. The number of benzene rings is 2. The second-order valence-corrected chi connectivity index (χ2v) is 7.13. The second-order valence-electron chi connectivity index (χ2n) is 6.08. The summed E-state index contributed by atoms with van der Waals surface area (Å²) in [5.74, 6) is -1.36. The number of aromatic nitrogens is 2. The number of carbonyl (C=O) groups is 1. The third-order valence-electron chi connectivity index (χ3n) is 4.19. The van der Waals surface area contributed by atoms with E-state index >= 15 is 0 Å². The van der Waals surface area contributed by atoms with Crippen LogP contribution in [0.1, 0.15) is 5.56 Å². The van der Waals surface area contributed by atoms with E-state index in [0.29, 0.717) is 21.3 Å². The minimum absolute atomic E-state index is 0.284. The number of thiophene rings is 1. The minimum atomic E-state index is -0.492. The van der Waals surface area contributed by atoms with Gasteiger partial charge in [-0.3, -0.25) is 14.2 Å². The number of nitrogens with one attached hydrogen (secondary N) is 1. The van der Waals surface area contributed by atoms with E-state index < -0.39 is 23.1 Å². The molecule has 2 heterocycles. The molecule has 0 atom stereocenters. The van der Waals surface area contributed by atoms with Crippen LogP contribution in [0.25, 0.3) is 20.3 Å². The first kappa shape index (κ1) is 17.3. The van der Waals surface area contributed by atoms with Crippen molar-refractivity contribution < 1.29 is 13.6 Å². The predicted octanol–water partition coefficient (Wildman–Crippen LogP) is 3.84. The number of nitrogens with zero attached hydrogens (tertiary/aromatic N) is 2. The topological polar surface area (TPSA) is 64.0 Å². The van der Waals surface area contributed by atoms with E-state index in [4.69, 9.17) is 0 Å². The third kappa shape index (κ3) is 3.08. The zero-order valence-electron chi connectivity index (χ0n) is 14.1. The molecular formula is C19H13F2N3O2S. The SMILES string of the molecule is Cc1ccc(NC(=O)Cn2cnc3c(sc4cccc(F)c43)c2=O)cc1F. The minimum Gasteiger partial charge on any atom is -0.324 e. The first-order valence-electron chi connectivity index (χ1n) is 8.06. The van der Waals surface area contributed by atoms with Crippen molar-refractivity contribution in [3.8, 4) is 0 Å². The van der Waals surface area contributed by atoms with Gasteiger partial charge < -0.3 is 5.32 Å². The van der Waals surface area contributed by atoms with Crippen LogP contribution in [0, 0.1) is 18.6 Å². The Morgan fingerprint density at radius 3 is 2.81 bits per heavy atom. The number of halogens is 2. The third-order valence-corrected chi connectivity index (χ3v) is 5.32. The van der Waals surface area contributed by atoms with E-state index in [1.807, 2.05) is 0 Å². The summed E-state index contributed by atoms with van der Waals surface area (Å²) in [6.45, 7) is 1.34. The predicted molar refractivity (Wildman–Crippen MR) is 101 cm³/mol. The van der Waals surface area contributed by atoms with Gasteiger partial charge in [0, 0.05) is 10.4 Å². The van der Waals surface area contributed by atoms with Crippen molar-refractivity contribution in [2.45, 2.75) is 13.5 Å². The molecule has 4 aromatic rings. The second kappa shape index (κ2) is 6.55. The van der Waals surface area contributed by atoms with Gasteiger partial charge in [-0.25, -0.2) is 13.8 Å². The van der Waals surface area contributed by atoms with Crippen molar-refractivity contribution in [2.75, 3.05) is 5.32 Å². The van der Waals surface area contributed by atoms with Crippen LogP contribution in [-0.4, -0.2) is 15.5 Å². The molecule has 1 N–H and O–H groups in total. The molecule has 27 heavy (non-hydrogen) atoms. The quantitative estimate of drug-likeness (QED) is 0.583. The van der Waals surface area contributed by atoms with Crippen LogP contribution in [0.2, 0.25) is 0 Å². The average Bonchev–Trinajstić information content (AvgIpc) is 3.01. The summed E-state index contributed by atoms with van der Waals surface area (Å²) in [5, 5.41) is 2.85. The number of amides is 1. The molecule has 0 radical (unpaired) electrons. The lowest BCUT2D eigenvalue weighted by Crippen LogP contribution is -2.27. The average molecular weight is 385 g/mol. The van der Waals surface area contributed by atoms with Crippen LogP contribution in [0.5, 0.6) is 0 Å². The Hall–Kier alpha value is -3.13. The summed E-state index contributed by atoms with van der Waals surface area (Å²) in [5.41, 5.74) is 0.631. The van der Waals surface area contributed by atoms with Gasteiger partial charge in [0.2, 0.25) is 5.91 Å². The zero-order valence-corrected chi connectivity index (χ0v) is 14.9. The molecule has 8 heteroatoms. The van der Waals surface area contributed by atoms with Crippen molar-refractivity contribution >= 4 is 43.2 Å². The monoisotopic (exact) mass is 385 g/mol. The summed E-state index contributed by atoms with van der Waals surface area (Å²) in [7, 11) is 0. The van der Waals surface area contributed by atoms with E-state index in [9.17, 15) is 18.4 Å². The Kier molecular flexibility index (Phi) is 4.19. The molecule has 136 valence electrons. The highest BCUT2D eigenvalue weighted by Gasteiger charge is 2.15. The number of aryl methyl sites for hydroxylation is 1. The molecule has 0 spiro atoms. The largest absolute Gasteiger partial charge is 0.324 e. The van der Waals surface area contributed by atoms with Gasteiger partial charge in [0.15, 0.2) is 0 Å². The molecule has 2 aromatic heterocycles. The van der Waals surface area contributed by atoms with Crippen LogP contribution >= 0.6 is 11.3 Å². The summed E-state index contributed by atoms with van der Waals surface area (Å²) >= 11 is 1.13. The Morgan fingerprint density at radius 2 is 2.04 bits per heavy atom. The zero-order chi connectivity index (χ0) is 19.1. The highest BCUT2D eigenvalue weighted by atomic mass is 32.1. The smallest absolute Gasteiger partial charge is 0.271 e. The molecule has 0 aliphatic carbocycles. The van der Waals surface area contributed by atoms with Crippen LogP contribution in [0.3, 0.4) is 0 Å². The van der Waals surface area contributed by atoms with Crippen LogP contribution in [-0.2, 0) is 11.3 Å². The van der Waals surface area contributed by atoms with Gasteiger partial charge in [0.1, 0.15) is 22.9 Å². The van der Waals surface area contributed by atoms with Gasteiger partial charge in [-0.2, -0.15) is 0 Å². The lowest BCUT2D eigenvalue weighted by molar-refractivity contribution is -0.116. The first-order valence-corrected chi connectivity index (χ1v) is 8.88. The summed E-state index contributed by atoms with van der Waals surface area (Å²) < 4.78 is 29.7. The maximum atomic E-state index is 14.1. The lowest BCUT2D eigenvalue weighted by atomic mass is 10.2. The maximum absolute atomic E-state index is 14.1. The number of carbonyl (C=O) groups excluding carboxylic acids is 1. The molecule has 0 aliphatic heterocycles. The highest BCUT2D eigenvalue weighted by Crippen LogP contribution is 2.31. The first-order chi connectivity index (χ1) is 12.9. The fraction of sp³-hybridized carbons (Fsp3) is 0.105. The lowest BCUT2D eigenvalue weighted by Gasteiger charge is -2.08. The molecule has 0 bridgehead atoms. The van der Waals surface area contributed by atoms with Crippen LogP contribution in [0.4, 0.5) is 14.5 Å². The fourth-order valence-corrected chi connectivity index (χ4v) is 3.93. The summed E-state index contributed by atoms with van der Waals surface area (Å²) in [4.78, 5) is 29.1. The van der Waals surface area contributed by atoms with Crippen molar-refractivity contribution in [3.63, 3.8) is 0 Å². The Labute approximate surface area is 155 Å². The molecule has 0 aliphatic rings. The van der Waals surface area contributed by atoms with Gasteiger partial charge in [0.05, 0.1) is 17.2 Å². The van der Waals surface area contributed by atoms with Gasteiger partial charge >= 0.3 is 0 Å². The molecule has 5 nitrogen and oxygen atoms in total. The number of hydrogen-bond donors (Lipinski definition) is 1. The van der Waals surface area contributed by atoms with E-state index in [1.54, 1.807) is 31.2 Å². The van der Waals surface area contributed by atoms with Crippen LogP contribution < -0.4 is 10.9 Å². The molecule has 2 aromatic carbocycles. The van der Waals surface area contributed by atoms with Gasteiger partial charge in [-0.05, 0) is 36.8 Å².